The third-order valence-electron chi connectivity index (χ3n) is 3.97. The number of urea groups is 1. The van der Waals surface area contributed by atoms with Gasteiger partial charge in [0.25, 0.3) is 0 Å². The number of carbonyl (C=O) groups excluding carboxylic acids is 1. The third-order valence-corrected chi connectivity index (χ3v) is 3.97. The summed E-state index contributed by atoms with van der Waals surface area (Å²) in [6.07, 6.45) is 2.46. The first kappa shape index (κ1) is 18.7. The van der Waals surface area contributed by atoms with Crippen molar-refractivity contribution < 1.29 is 9.53 Å². The number of nitrogens with one attached hydrogen (secondary N) is 2. The molecule has 6 heteroatoms. The molecule has 25 heavy (non-hydrogen) atoms. The Kier molecular flexibility index (Phi) is 7.22. The zero-order valence-corrected chi connectivity index (χ0v) is 15.0. The molecule has 2 N–H and O–H groups in total. The van der Waals surface area contributed by atoms with Crippen LogP contribution in [0.4, 0.5) is 4.79 Å². The van der Waals surface area contributed by atoms with E-state index in [0.717, 1.165) is 17.0 Å². The largest absolute Gasteiger partial charge is 0.496 e. The molecule has 2 aromatic rings. The van der Waals surface area contributed by atoms with E-state index < -0.39 is 0 Å². The Morgan fingerprint density at radius 3 is 2.60 bits per heavy atom. The topological polar surface area (TPSA) is 66.5 Å². The van der Waals surface area contributed by atoms with Gasteiger partial charge in [-0.05, 0) is 32.3 Å². The summed E-state index contributed by atoms with van der Waals surface area (Å²) in [5.74, 6) is 0.818. The Hall–Kier alpha value is -2.60. The molecule has 0 radical (unpaired) electrons. The first-order valence-electron chi connectivity index (χ1n) is 8.32. The van der Waals surface area contributed by atoms with Gasteiger partial charge in [-0.2, -0.15) is 0 Å². The summed E-state index contributed by atoms with van der Waals surface area (Å²) in [6.45, 7) is 1.03. The summed E-state index contributed by atoms with van der Waals surface area (Å²) < 4.78 is 5.44. The minimum absolute atomic E-state index is 0.0256. The van der Waals surface area contributed by atoms with Crippen LogP contribution in [0.3, 0.4) is 0 Å². The fraction of sp³-hybridized carbons (Fsp3) is 0.368. The van der Waals surface area contributed by atoms with Crippen molar-refractivity contribution in [2.24, 2.45) is 0 Å². The highest BCUT2D eigenvalue weighted by Gasteiger charge is 2.18. The van der Waals surface area contributed by atoms with E-state index in [2.05, 4.69) is 20.5 Å². The van der Waals surface area contributed by atoms with Crippen molar-refractivity contribution in [2.45, 2.75) is 12.5 Å². The average molecular weight is 342 g/mol. The predicted molar refractivity (Wildman–Crippen MR) is 98.8 cm³/mol. The van der Waals surface area contributed by atoms with Crippen LogP contribution in [0.25, 0.3) is 0 Å². The van der Waals surface area contributed by atoms with E-state index in [0.29, 0.717) is 19.5 Å². The maximum absolute atomic E-state index is 12.1. The second-order valence-corrected chi connectivity index (χ2v) is 5.93. The number of methoxy groups -OCH3 is 1. The van der Waals surface area contributed by atoms with E-state index in [4.69, 9.17) is 4.74 Å². The maximum Gasteiger partial charge on any atom is 0.314 e. The number of para-hydroxylation sites is 1. The van der Waals surface area contributed by atoms with Gasteiger partial charge in [0.15, 0.2) is 0 Å². The smallest absolute Gasteiger partial charge is 0.314 e. The zero-order chi connectivity index (χ0) is 18.1. The van der Waals surface area contributed by atoms with E-state index >= 15 is 0 Å². The predicted octanol–water partition coefficient (Wildman–Crippen LogP) is 2.23. The molecule has 0 saturated heterocycles. The molecule has 1 atom stereocenters. The van der Waals surface area contributed by atoms with Crippen LogP contribution >= 0.6 is 0 Å². The molecule has 2 rings (SSSR count). The number of pyridine rings is 1. The van der Waals surface area contributed by atoms with Crippen LogP contribution in [0.1, 0.15) is 17.3 Å². The zero-order valence-electron chi connectivity index (χ0n) is 15.0. The highest BCUT2D eigenvalue weighted by molar-refractivity contribution is 5.73. The van der Waals surface area contributed by atoms with Crippen LogP contribution in [0.5, 0.6) is 5.75 Å². The highest BCUT2D eigenvalue weighted by Crippen LogP contribution is 2.27. The molecular formula is C19H26N4O2. The van der Waals surface area contributed by atoms with Crippen molar-refractivity contribution in [1.29, 1.82) is 0 Å². The number of amides is 2. The summed E-state index contributed by atoms with van der Waals surface area (Å²) in [6, 6.07) is 13.5. The number of carbonyl (C=O) groups is 1. The van der Waals surface area contributed by atoms with Crippen molar-refractivity contribution in [2.75, 3.05) is 34.3 Å². The number of benzene rings is 1. The quantitative estimate of drug-likeness (QED) is 0.772. The van der Waals surface area contributed by atoms with Crippen molar-refractivity contribution in [1.82, 2.24) is 20.5 Å². The fourth-order valence-electron chi connectivity index (χ4n) is 2.61. The molecule has 0 fully saturated rings. The van der Waals surface area contributed by atoms with Gasteiger partial charge in [0.05, 0.1) is 13.2 Å². The lowest BCUT2D eigenvalue weighted by Crippen LogP contribution is -2.41. The van der Waals surface area contributed by atoms with Gasteiger partial charge in [-0.1, -0.05) is 24.3 Å². The number of ether oxygens (including phenoxy) is 1. The van der Waals surface area contributed by atoms with Crippen LogP contribution in [0, 0.1) is 0 Å². The summed E-state index contributed by atoms with van der Waals surface area (Å²) >= 11 is 0. The van der Waals surface area contributed by atoms with E-state index in [1.807, 2.05) is 56.6 Å². The monoisotopic (exact) mass is 342 g/mol. The van der Waals surface area contributed by atoms with Crippen molar-refractivity contribution in [3.8, 4) is 5.75 Å². The Morgan fingerprint density at radius 1 is 1.16 bits per heavy atom. The standard InChI is InChI=1S/C19H26N4O2/c1-23(2)17(16-9-4-5-10-18(16)25-3)14-22-19(24)21-13-11-15-8-6-7-12-20-15/h4-10,12,17H,11,13-14H2,1-3H3,(H2,21,22,24). The molecule has 1 aromatic carbocycles. The lowest BCUT2D eigenvalue weighted by Gasteiger charge is -2.26. The van der Waals surface area contributed by atoms with E-state index in [-0.39, 0.29) is 12.1 Å². The van der Waals surface area contributed by atoms with Gasteiger partial charge in [0.1, 0.15) is 5.75 Å². The van der Waals surface area contributed by atoms with Crippen LogP contribution < -0.4 is 15.4 Å². The number of hydrogen-bond acceptors (Lipinski definition) is 4. The molecule has 2 amide bonds. The Bertz CT molecular complexity index is 661. The van der Waals surface area contributed by atoms with Gasteiger partial charge in [0.2, 0.25) is 0 Å². The first-order valence-corrected chi connectivity index (χ1v) is 8.32. The second kappa shape index (κ2) is 9.64. The fourth-order valence-corrected chi connectivity index (χ4v) is 2.61. The van der Waals surface area contributed by atoms with Gasteiger partial charge in [0, 0.05) is 37.0 Å². The molecule has 1 unspecified atom stereocenters. The Morgan fingerprint density at radius 2 is 1.92 bits per heavy atom. The number of hydrogen-bond donors (Lipinski definition) is 2. The molecule has 0 aliphatic rings. The van der Waals surface area contributed by atoms with Crippen LogP contribution in [-0.2, 0) is 6.42 Å². The molecule has 0 saturated carbocycles. The molecule has 6 nitrogen and oxygen atoms in total. The molecule has 0 aliphatic carbocycles. The van der Waals surface area contributed by atoms with Gasteiger partial charge >= 0.3 is 6.03 Å². The first-order chi connectivity index (χ1) is 12.1. The van der Waals surface area contributed by atoms with E-state index in [9.17, 15) is 4.79 Å². The maximum atomic E-state index is 12.1. The van der Waals surface area contributed by atoms with Gasteiger partial charge < -0.3 is 20.3 Å². The van der Waals surface area contributed by atoms with E-state index in [1.165, 1.54) is 0 Å². The third kappa shape index (κ3) is 5.76. The molecule has 0 aliphatic heterocycles. The van der Waals surface area contributed by atoms with Crippen molar-refractivity contribution in [3.63, 3.8) is 0 Å². The second-order valence-electron chi connectivity index (χ2n) is 5.93. The van der Waals surface area contributed by atoms with Gasteiger partial charge in [-0.25, -0.2) is 4.79 Å². The van der Waals surface area contributed by atoms with E-state index in [1.54, 1.807) is 13.3 Å². The Labute approximate surface area is 149 Å². The minimum atomic E-state index is -0.183. The lowest BCUT2D eigenvalue weighted by atomic mass is 10.0. The molecular weight excluding hydrogens is 316 g/mol. The summed E-state index contributed by atoms with van der Waals surface area (Å²) in [7, 11) is 5.62. The van der Waals surface area contributed by atoms with Crippen LogP contribution in [-0.4, -0.2) is 50.2 Å². The normalized spacial score (nSPS) is 11.8. The number of aromatic nitrogens is 1. The Balaban J connectivity index is 1.85. The van der Waals surface area contributed by atoms with Crippen LogP contribution in [0.2, 0.25) is 0 Å². The van der Waals surface area contributed by atoms with Crippen molar-refractivity contribution in [3.05, 3.63) is 59.9 Å². The number of likely N-dealkylation sites (N-methyl/N-ethyl adjacent to an activating group) is 1. The number of rotatable bonds is 8. The number of nitrogens with zero attached hydrogens (tertiary/aromatic N) is 2. The summed E-state index contributed by atoms with van der Waals surface area (Å²) in [5, 5.41) is 5.80. The highest BCUT2D eigenvalue weighted by atomic mass is 16.5. The molecule has 134 valence electrons. The molecule has 1 aromatic heterocycles. The molecule has 0 bridgehead atoms. The van der Waals surface area contributed by atoms with Gasteiger partial charge in [-0.15, -0.1) is 0 Å². The molecule has 1 heterocycles. The van der Waals surface area contributed by atoms with Crippen LogP contribution in [0.15, 0.2) is 48.7 Å². The summed E-state index contributed by atoms with van der Waals surface area (Å²) in [5.41, 5.74) is 2.01. The van der Waals surface area contributed by atoms with Gasteiger partial charge in [-0.3, -0.25) is 4.98 Å². The minimum Gasteiger partial charge on any atom is -0.496 e. The lowest BCUT2D eigenvalue weighted by molar-refractivity contribution is 0.232. The summed E-state index contributed by atoms with van der Waals surface area (Å²) in [4.78, 5) is 18.4. The molecule has 0 spiro atoms. The average Bonchev–Trinajstić information content (AvgIpc) is 2.63. The SMILES string of the molecule is COc1ccccc1C(CNC(=O)NCCc1ccccn1)N(C)C. The van der Waals surface area contributed by atoms with Crippen molar-refractivity contribution >= 4 is 6.03 Å².